The number of rotatable bonds is 5. The predicted molar refractivity (Wildman–Crippen MR) is 65.5 cm³/mol. The summed E-state index contributed by atoms with van der Waals surface area (Å²) >= 11 is 4.97. The Morgan fingerprint density at radius 1 is 1.62 bits per heavy atom. The average molecular weight is 237 g/mol. The van der Waals surface area contributed by atoms with E-state index in [4.69, 9.17) is 17.0 Å². The van der Waals surface area contributed by atoms with Gasteiger partial charge in [-0.1, -0.05) is 24.8 Å². The van der Waals surface area contributed by atoms with E-state index in [0.29, 0.717) is 18.1 Å². The van der Waals surface area contributed by atoms with Crippen molar-refractivity contribution in [3.63, 3.8) is 0 Å². The summed E-state index contributed by atoms with van der Waals surface area (Å²) in [5.74, 6) is 0. The van der Waals surface area contributed by atoms with E-state index < -0.39 is 4.92 Å². The summed E-state index contributed by atoms with van der Waals surface area (Å²) in [5, 5.41) is 10.9. The van der Waals surface area contributed by atoms with Crippen molar-refractivity contribution in [3.8, 4) is 0 Å². The first-order valence-electron chi connectivity index (χ1n) is 4.63. The van der Waals surface area contributed by atoms with Crippen LogP contribution in [0.15, 0.2) is 36.9 Å². The number of non-ortho nitro benzene ring substituents is 1. The fourth-order valence-corrected chi connectivity index (χ4v) is 1.38. The van der Waals surface area contributed by atoms with E-state index in [1.54, 1.807) is 18.2 Å². The quantitative estimate of drug-likeness (QED) is 0.342. The van der Waals surface area contributed by atoms with Gasteiger partial charge in [-0.15, -0.1) is 0 Å². The van der Waals surface area contributed by atoms with Gasteiger partial charge in [-0.25, -0.2) is 0 Å². The minimum absolute atomic E-state index is 0.0593. The second-order valence-corrected chi connectivity index (χ2v) is 3.53. The third-order valence-electron chi connectivity index (χ3n) is 1.83. The van der Waals surface area contributed by atoms with Crippen LogP contribution in [0.4, 0.5) is 5.69 Å². The van der Waals surface area contributed by atoms with Crippen LogP contribution in [0, 0.1) is 10.1 Å². The van der Waals surface area contributed by atoms with Crippen LogP contribution in [0.3, 0.4) is 0 Å². The predicted octanol–water partition coefficient (Wildman–Crippen LogP) is 2.67. The smallest absolute Gasteiger partial charge is 0.269 e. The van der Waals surface area contributed by atoms with Gasteiger partial charge >= 0.3 is 0 Å². The van der Waals surface area contributed by atoms with E-state index in [2.05, 4.69) is 6.58 Å². The lowest BCUT2D eigenvalue weighted by Crippen LogP contribution is -2.05. The van der Waals surface area contributed by atoms with Gasteiger partial charge in [0.05, 0.1) is 4.92 Å². The third kappa shape index (κ3) is 3.78. The summed E-state index contributed by atoms with van der Waals surface area (Å²) in [6.45, 7) is 3.86. The SMILES string of the molecule is C=CCOC(=S)Cc1cccc([N+](=O)[O-])c1. The number of nitro benzene ring substituents is 1. The number of nitrogens with zero attached hydrogens (tertiary/aromatic N) is 1. The maximum Gasteiger partial charge on any atom is 0.269 e. The van der Waals surface area contributed by atoms with Crippen LogP contribution >= 0.6 is 12.2 Å². The molecule has 0 saturated carbocycles. The Balaban J connectivity index is 2.66. The van der Waals surface area contributed by atoms with Crippen LogP contribution in [-0.4, -0.2) is 16.6 Å². The molecule has 0 aliphatic carbocycles. The summed E-state index contributed by atoms with van der Waals surface area (Å²) in [5.41, 5.74) is 0.826. The van der Waals surface area contributed by atoms with Crippen molar-refractivity contribution in [1.82, 2.24) is 0 Å². The molecule has 0 N–H and O–H groups in total. The Morgan fingerprint density at radius 3 is 3.00 bits per heavy atom. The number of ether oxygens (including phenoxy) is 1. The maximum atomic E-state index is 10.5. The molecule has 0 spiro atoms. The molecule has 0 radical (unpaired) electrons. The van der Waals surface area contributed by atoms with Gasteiger partial charge in [0.25, 0.3) is 5.69 Å². The fraction of sp³-hybridized carbons (Fsp3) is 0.182. The second kappa shape index (κ2) is 5.97. The molecule has 0 amide bonds. The van der Waals surface area contributed by atoms with Crippen LogP contribution in [0.1, 0.15) is 5.56 Å². The zero-order valence-corrected chi connectivity index (χ0v) is 9.40. The second-order valence-electron chi connectivity index (χ2n) is 3.08. The molecule has 1 aromatic rings. The van der Waals surface area contributed by atoms with Crippen molar-refractivity contribution in [2.75, 3.05) is 6.61 Å². The zero-order chi connectivity index (χ0) is 12.0. The normalized spacial score (nSPS) is 9.50. The Hall–Kier alpha value is -1.75. The minimum atomic E-state index is -0.433. The lowest BCUT2D eigenvalue weighted by atomic mass is 10.1. The largest absolute Gasteiger partial charge is 0.483 e. The van der Waals surface area contributed by atoms with Gasteiger partial charge in [-0.3, -0.25) is 10.1 Å². The first-order chi connectivity index (χ1) is 7.63. The zero-order valence-electron chi connectivity index (χ0n) is 8.59. The molecule has 84 valence electrons. The molecule has 1 rings (SSSR count). The molecule has 0 saturated heterocycles. The van der Waals surface area contributed by atoms with Crippen LogP contribution in [0.2, 0.25) is 0 Å². The molecular formula is C11H11NO3S. The molecule has 0 atom stereocenters. The standard InChI is InChI=1S/C11H11NO3S/c1-2-6-15-11(16)8-9-4-3-5-10(7-9)12(13)14/h2-5,7H,1,6,8H2. The molecule has 0 heterocycles. The van der Waals surface area contributed by atoms with Crippen LogP contribution in [0.25, 0.3) is 0 Å². The van der Waals surface area contributed by atoms with Crippen molar-refractivity contribution < 1.29 is 9.66 Å². The van der Waals surface area contributed by atoms with Gasteiger partial charge in [-0.2, -0.15) is 0 Å². The molecule has 16 heavy (non-hydrogen) atoms. The highest BCUT2D eigenvalue weighted by Crippen LogP contribution is 2.14. The molecule has 0 aromatic heterocycles. The topological polar surface area (TPSA) is 52.4 Å². The van der Waals surface area contributed by atoms with Crippen molar-refractivity contribution in [1.29, 1.82) is 0 Å². The minimum Gasteiger partial charge on any atom is -0.483 e. The third-order valence-corrected chi connectivity index (χ3v) is 2.09. The fourth-order valence-electron chi connectivity index (χ4n) is 1.15. The van der Waals surface area contributed by atoms with E-state index in [1.807, 2.05) is 0 Å². The first-order valence-corrected chi connectivity index (χ1v) is 5.04. The maximum absolute atomic E-state index is 10.5. The monoisotopic (exact) mass is 237 g/mol. The molecule has 0 bridgehead atoms. The van der Waals surface area contributed by atoms with Gasteiger partial charge in [0.15, 0.2) is 5.05 Å². The number of nitro groups is 1. The molecule has 5 heteroatoms. The van der Waals surface area contributed by atoms with Gasteiger partial charge in [0.2, 0.25) is 0 Å². The molecular weight excluding hydrogens is 226 g/mol. The lowest BCUT2D eigenvalue weighted by molar-refractivity contribution is -0.384. The summed E-state index contributed by atoms with van der Waals surface area (Å²) in [6, 6.07) is 6.33. The summed E-state index contributed by atoms with van der Waals surface area (Å²) in [6.07, 6.45) is 1.99. The van der Waals surface area contributed by atoms with E-state index in [1.165, 1.54) is 12.1 Å². The van der Waals surface area contributed by atoms with Gasteiger partial charge < -0.3 is 4.74 Å². The number of thiocarbonyl (C=S) groups is 1. The number of hydrogen-bond donors (Lipinski definition) is 0. The molecule has 0 aliphatic heterocycles. The number of hydrogen-bond acceptors (Lipinski definition) is 4. The van der Waals surface area contributed by atoms with Crippen LogP contribution in [-0.2, 0) is 11.2 Å². The average Bonchev–Trinajstić information content (AvgIpc) is 2.26. The van der Waals surface area contributed by atoms with Gasteiger partial charge in [-0.05, 0) is 17.8 Å². The highest BCUT2D eigenvalue weighted by molar-refractivity contribution is 7.80. The van der Waals surface area contributed by atoms with Crippen molar-refractivity contribution >= 4 is 23.0 Å². The van der Waals surface area contributed by atoms with E-state index in [-0.39, 0.29) is 5.69 Å². The molecule has 1 aromatic carbocycles. The Morgan fingerprint density at radius 2 is 2.38 bits per heavy atom. The van der Waals surface area contributed by atoms with Crippen molar-refractivity contribution in [2.45, 2.75) is 6.42 Å². The molecule has 0 unspecified atom stereocenters. The summed E-state index contributed by atoms with van der Waals surface area (Å²) in [7, 11) is 0. The van der Waals surface area contributed by atoms with E-state index in [9.17, 15) is 10.1 Å². The summed E-state index contributed by atoms with van der Waals surface area (Å²) in [4.78, 5) is 10.1. The molecule has 0 fully saturated rings. The highest BCUT2D eigenvalue weighted by atomic mass is 32.1. The Labute approximate surface area is 98.7 Å². The van der Waals surface area contributed by atoms with Crippen molar-refractivity contribution in [3.05, 3.63) is 52.6 Å². The molecule has 0 aliphatic rings. The Bertz CT molecular complexity index is 417. The van der Waals surface area contributed by atoms with E-state index in [0.717, 1.165) is 5.56 Å². The summed E-state index contributed by atoms with van der Waals surface area (Å²) < 4.78 is 5.14. The lowest BCUT2D eigenvalue weighted by Gasteiger charge is -2.04. The van der Waals surface area contributed by atoms with Crippen molar-refractivity contribution in [2.24, 2.45) is 0 Å². The Kier molecular flexibility index (Phi) is 4.60. The van der Waals surface area contributed by atoms with Crippen LogP contribution < -0.4 is 0 Å². The highest BCUT2D eigenvalue weighted by Gasteiger charge is 2.07. The van der Waals surface area contributed by atoms with Gasteiger partial charge in [0.1, 0.15) is 6.61 Å². The number of benzene rings is 1. The first kappa shape index (κ1) is 12.3. The van der Waals surface area contributed by atoms with Crippen LogP contribution in [0.5, 0.6) is 0 Å². The molecule has 4 nitrogen and oxygen atoms in total. The van der Waals surface area contributed by atoms with Gasteiger partial charge in [0, 0.05) is 18.6 Å². The van der Waals surface area contributed by atoms with E-state index >= 15 is 0 Å².